The first-order valence-electron chi connectivity index (χ1n) is 5.95. The van der Waals surface area contributed by atoms with Gasteiger partial charge in [-0.05, 0) is 19.3 Å². The van der Waals surface area contributed by atoms with E-state index in [-0.39, 0.29) is 11.5 Å². The number of carbonyl (C=O) groups is 1. The van der Waals surface area contributed by atoms with E-state index in [1.165, 1.54) is 0 Å². The van der Waals surface area contributed by atoms with E-state index in [4.69, 9.17) is 10.5 Å². The quantitative estimate of drug-likeness (QED) is 0.681. The Labute approximate surface area is 95.5 Å². The summed E-state index contributed by atoms with van der Waals surface area (Å²) in [6, 6.07) is 0. The Morgan fingerprint density at radius 2 is 2.38 bits per heavy atom. The molecule has 16 heavy (non-hydrogen) atoms. The van der Waals surface area contributed by atoms with Gasteiger partial charge in [0.2, 0.25) is 5.91 Å². The number of rotatable bonds is 3. The van der Waals surface area contributed by atoms with Crippen LogP contribution in [0.25, 0.3) is 0 Å². The van der Waals surface area contributed by atoms with Crippen LogP contribution in [0.1, 0.15) is 25.7 Å². The topological polar surface area (TPSA) is 75.8 Å². The van der Waals surface area contributed by atoms with Crippen molar-refractivity contribution in [2.75, 3.05) is 26.2 Å². The zero-order chi connectivity index (χ0) is 11.6. The third kappa shape index (κ3) is 2.36. The number of aliphatic hydroxyl groups excluding tert-OH is 1. The number of hydrogen-bond acceptors (Lipinski definition) is 4. The van der Waals surface area contributed by atoms with Crippen LogP contribution in [0, 0.1) is 0 Å². The molecule has 2 rings (SSSR count). The number of ether oxygens (including phenoxy) is 1. The molecule has 5 nitrogen and oxygen atoms in total. The fraction of sp³-hybridized carbons (Fsp3) is 0.909. The number of primary amides is 1. The van der Waals surface area contributed by atoms with Crippen molar-refractivity contribution in [1.82, 2.24) is 4.90 Å². The summed E-state index contributed by atoms with van der Waals surface area (Å²) in [5.41, 5.74) is 4.80. The number of aliphatic hydroxyl groups is 1. The minimum Gasteiger partial charge on any atom is -0.389 e. The Balaban J connectivity index is 1.84. The molecule has 1 spiro atoms. The van der Waals surface area contributed by atoms with Crippen LogP contribution in [0.4, 0.5) is 0 Å². The van der Waals surface area contributed by atoms with Crippen molar-refractivity contribution in [3.63, 3.8) is 0 Å². The molecule has 0 aromatic carbocycles. The average Bonchev–Trinajstić information content (AvgIpc) is 2.70. The highest BCUT2D eigenvalue weighted by Gasteiger charge is 2.45. The lowest BCUT2D eigenvalue weighted by molar-refractivity contribution is -0.131. The highest BCUT2D eigenvalue weighted by Crippen LogP contribution is 2.35. The van der Waals surface area contributed by atoms with Gasteiger partial charge >= 0.3 is 0 Å². The molecular weight excluding hydrogens is 208 g/mol. The maximum Gasteiger partial charge on any atom is 0.218 e. The Morgan fingerprint density at radius 3 is 2.94 bits per heavy atom. The second-order valence-corrected chi connectivity index (χ2v) is 4.80. The zero-order valence-corrected chi connectivity index (χ0v) is 9.52. The molecule has 92 valence electrons. The van der Waals surface area contributed by atoms with Crippen LogP contribution in [-0.2, 0) is 9.53 Å². The molecule has 3 N–H and O–H groups in total. The molecule has 0 aliphatic carbocycles. The van der Waals surface area contributed by atoms with Gasteiger partial charge in [0.1, 0.15) is 0 Å². The molecule has 5 heteroatoms. The van der Waals surface area contributed by atoms with Gasteiger partial charge in [0.25, 0.3) is 0 Å². The summed E-state index contributed by atoms with van der Waals surface area (Å²) in [6.07, 6.45) is 2.78. The monoisotopic (exact) mass is 228 g/mol. The van der Waals surface area contributed by atoms with Crippen LogP contribution in [-0.4, -0.2) is 53.9 Å². The van der Waals surface area contributed by atoms with E-state index in [0.717, 1.165) is 32.4 Å². The molecule has 2 aliphatic heterocycles. The van der Waals surface area contributed by atoms with E-state index in [0.29, 0.717) is 19.5 Å². The van der Waals surface area contributed by atoms with Crippen LogP contribution in [0.3, 0.4) is 0 Å². The van der Waals surface area contributed by atoms with Gasteiger partial charge in [0.15, 0.2) is 0 Å². The lowest BCUT2D eigenvalue weighted by Crippen LogP contribution is -2.55. The van der Waals surface area contributed by atoms with E-state index < -0.39 is 6.10 Å². The first-order valence-corrected chi connectivity index (χ1v) is 5.95. The predicted octanol–water partition coefficient (Wildman–Crippen LogP) is -0.522. The summed E-state index contributed by atoms with van der Waals surface area (Å²) in [5.74, 6) is -0.285. The molecule has 0 saturated carbocycles. The van der Waals surface area contributed by atoms with Gasteiger partial charge in [0.05, 0.1) is 11.7 Å². The Hall–Kier alpha value is -0.650. The first kappa shape index (κ1) is 11.8. The van der Waals surface area contributed by atoms with Crippen molar-refractivity contribution in [2.45, 2.75) is 37.4 Å². The zero-order valence-electron chi connectivity index (χ0n) is 9.52. The largest absolute Gasteiger partial charge is 0.389 e. The van der Waals surface area contributed by atoms with E-state index in [1.807, 2.05) is 0 Å². The number of nitrogens with zero attached hydrogens (tertiary/aromatic N) is 1. The number of piperidine rings is 1. The van der Waals surface area contributed by atoms with Gasteiger partial charge in [-0.2, -0.15) is 0 Å². The molecule has 0 radical (unpaired) electrons. The maximum absolute atomic E-state index is 10.7. The van der Waals surface area contributed by atoms with Crippen molar-refractivity contribution in [1.29, 1.82) is 0 Å². The molecule has 1 amide bonds. The van der Waals surface area contributed by atoms with Crippen LogP contribution >= 0.6 is 0 Å². The second-order valence-electron chi connectivity index (χ2n) is 4.80. The number of carbonyl (C=O) groups excluding carboxylic acids is 1. The van der Waals surface area contributed by atoms with Gasteiger partial charge in [0, 0.05) is 32.7 Å². The van der Waals surface area contributed by atoms with Gasteiger partial charge in [-0.25, -0.2) is 0 Å². The third-order valence-corrected chi connectivity index (χ3v) is 3.70. The molecular formula is C11H20N2O3. The molecule has 2 aliphatic rings. The fourth-order valence-electron chi connectivity index (χ4n) is 2.67. The number of amides is 1. The first-order chi connectivity index (χ1) is 7.62. The fourth-order valence-corrected chi connectivity index (χ4v) is 2.67. The average molecular weight is 228 g/mol. The Bertz CT molecular complexity index is 264. The summed E-state index contributed by atoms with van der Waals surface area (Å²) < 4.78 is 5.70. The van der Waals surface area contributed by atoms with Gasteiger partial charge in [-0.3, -0.25) is 4.79 Å². The molecule has 0 aromatic heterocycles. The van der Waals surface area contributed by atoms with Crippen molar-refractivity contribution < 1.29 is 14.6 Å². The minimum atomic E-state index is -0.434. The summed E-state index contributed by atoms with van der Waals surface area (Å²) in [4.78, 5) is 12.8. The minimum absolute atomic E-state index is 0.285. The number of hydrogen-bond donors (Lipinski definition) is 2. The normalized spacial score (nSPS) is 35.7. The molecule has 2 fully saturated rings. The van der Waals surface area contributed by atoms with E-state index >= 15 is 0 Å². The van der Waals surface area contributed by atoms with Crippen molar-refractivity contribution >= 4 is 5.91 Å². The highest BCUT2D eigenvalue weighted by molar-refractivity contribution is 5.73. The lowest BCUT2D eigenvalue weighted by Gasteiger charge is -2.42. The van der Waals surface area contributed by atoms with E-state index in [1.54, 1.807) is 0 Å². The van der Waals surface area contributed by atoms with Crippen molar-refractivity contribution in [3.8, 4) is 0 Å². The predicted molar refractivity (Wildman–Crippen MR) is 58.8 cm³/mol. The Kier molecular flexibility index (Phi) is 3.47. The van der Waals surface area contributed by atoms with Gasteiger partial charge in [-0.15, -0.1) is 0 Å². The maximum atomic E-state index is 10.7. The van der Waals surface area contributed by atoms with E-state index in [9.17, 15) is 9.90 Å². The standard InChI is InChI=1S/C11H20N2O3/c12-10(15)2-5-13-6-4-11(9(14)8-13)3-1-7-16-11/h9,14H,1-8H2,(H2,12,15)/t9-,11-/m0/s1. The molecule has 2 heterocycles. The SMILES string of the molecule is NC(=O)CCN1CC[C@@]2(CCCO2)[C@@H](O)C1. The summed E-state index contributed by atoms with van der Waals surface area (Å²) in [7, 11) is 0. The smallest absolute Gasteiger partial charge is 0.218 e. The van der Waals surface area contributed by atoms with Gasteiger partial charge in [-0.1, -0.05) is 0 Å². The van der Waals surface area contributed by atoms with Crippen LogP contribution in [0.15, 0.2) is 0 Å². The lowest BCUT2D eigenvalue weighted by atomic mass is 9.86. The summed E-state index contributed by atoms with van der Waals surface area (Å²) in [5, 5.41) is 10.1. The van der Waals surface area contributed by atoms with E-state index in [2.05, 4.69) is 4.90 Å². The molecule has 0 aromatic rings. The van der Waals surface area contributed by atoms with Crippen LogP contribution in [0.2, 0.25) is 0 Å². The third-order valence-electron chi connectivity index (χ3n) is 3.70. The van der Waals surface area contributed by atoms with Crippen LogP contribution < -0.4 is 5.73 Å². The molecule has 2 saturated heterocycles. The molecule has 2 atom stereocenters. The molecule has 0 unspecified atom stereocenters. The van der Waals surface area contributed by atoms with Gasteiger partial charge < -0.3 is 20.5 Å². The van der Waals surface area contributed by atoms with Crippen molar-refractivity contribution in [2.24, 2.45) is 5.73 Å². The van der Waals surface area contributed by atoms with Crippen LogP contribution in [0.5, 0.6) is 0 Å². The summed E-state index contributed by atoms with van der Waals surface area (Å²) in [6.45, 7) is 2.87. The summed E-state index contributed by atoms with van der Waals surface area (Å²) >= 11 is 0. The number of likely N-dealkylation sites (tertiary alicyclic amines) is 1. The van der Waals surface area contributed by atoms with Crippen molar-refractivity contribution in [3.05, 3.63) is 0 Å². The number of nitrogens with two attached hydrogens (primary N) is 1. The Morgan fingerprint density at radius 1 is 1.56 bits per heavy atom. The number of β-amino-alcohol motifs (C(OH)–C–C–N with tert-alkyl or cyclic N) is 1. The second kappa shape index (κ2) is 4.69. The highest BCUT2D eigenvalue weighted by atomic mass is 16.5. The molecule has 0 bridgehead atoms.